The third kappa shape index (κ3) is 7.43. The monoisotopic (exact) mass is 576 g/mol. The number of hydrogen-bond acceptors (Lipinski definition) is 5. The molecule has 1 amide bonds. The van der Waals surface area contributed by atoms with Crippen LogP contribution < -0.4 is 9.64 Å². The molecule has 8 nitrogen and oxygen atoms in total. The highest BCUT2D eigenvalue weighted by molar-refractivity contribution is 7.89. The van der Waals surface area contributed by atoms with Crippen LogP contribution in [0.2, 0.25) is 0 Å². The molecule has 1 N–H and O–H groups in total. The van der Waals surface area contributed by atoms with E-state index in [1.807, 2.05) is 75.4 Å². The van der Waals surface area contributed by atoms with Crippen LogP contribution in [0.1, 0.15) is 43.0 Å². The number of benzene rings is 3. The van der Waals surface area contributed by atoms with Gasteiger partial charge in [-0.3, -0.25) is 4.90 Å². The number of rotatable bonds is 8. The van der Waals surface area contributed by atoms with E-state index < -0.39 is 21.7 Å². The van der Waals surface area contributed by atoms with Crippen LogP contribution in [0.25, 0.3) is 24.3 Å². The molecule has 1 aliphatic rings. The molecule has 41 heavy (non-hydrogen) atoms. The van der Waals surface area contributed by atoms with Gasteiger partial charge in [-0.05, 0) is 67.8 Å². The molecule has 1 saturated heterocycles. The first-order chi connectivity index (χ1) is 19.5. The zero-order valence-electron chi connectivity index (χ0n) is 23.8. The van der Waals surface area contributed by atoms with Crippen molar-refractivity contribution in [3.05, 3.63) is 89.0 Å². The van der Waals surface area contributed by atoms with E-state index in [0.29, 0.717) is 37.7 Å². The average Bonchev–Trinajstić information content (AvgIpc) is 2.95. The predicted molar refractivity (Wildman–Crippen MR) is 164 cm³/mol. The maximum Gasteiger partial charge on any atom is 0.412 e. The smallest absolute Gasteiger partial charge is 0.412 e. The average molecular weight is 577 g/mol. The zero-order valence-corrected chi connectivity index (χ0v) is 24.6. The number of methoxy groups -OCH3 is 1. The lowest BCUT2D eigenvalue weighted by atomic mass is 10.0. The summed E-state index contributed by atoms with van der Waals surface area (Å²) in [6, 6.07) is 20.1. The first kappa shape index (κ1) is 30.0. The van der Waals surface area contributed by atoms with E-state index >= 15 is 0 Å². The summed E-state index contributed by atoms with van der Waals surface area (Å²) in [6.45, 7) is 7.13. The van der Waals surface area contributed by atoms with E-state index in [1.165, 1.54) is 9.21 Å². The molecule has 216 valence electrons. The second-order valence-electron chi connectivity index (χ2n) is 10.6. The molecule has 0 atom stereocenters. The van der Waals surface area contributed by atoms with E-state index in [0.717, 1.165) is 22.3 Å². The molecule has 0 unspecified atom stereocenters. The molecule has 3 aromatic rings. The molecule has 0 bridgehead atoms. The largest absolute Gasteiger partial charge is 0.496 e. The summed E-state index contributed by atoms with van der Waals surface area (Å²) in [4.78, 5) is 13.4. The Kier molecular flexibility index (Phi) is 9.32. The Labute approximate surface area is 242 Å². The summed E-state index contributed by atoms with van der Waals surface area (Å²) >= 11 is 0. The van der Waals surface area contributed by atoms with Crippen LogP contribution in [-0.2, 0) is 14.8 Å². The van der Waals surface area contributed by atoms with Crippen LogP contribution in [0.15, 0.2) is 71.6 Å². The van der Waals surface area contributed by atoms with Crippen molar-refractivity contribution in [2.45, 2.75) is 31.2 Å². The lowest BCUT2D eigenvalue weighted by molar-refractivity contribution is 0.0730. The second kappa shape index (κ2) is 12.7. The number of sulfonamides is 1. The molecular formula is C32H36N2O6S. The lowest BCUT2D eigenvalue weighted by Crippen LogP contribution is -2.45. The molecule has 9 heteroatoms. The van der Waals surface area contributed by atoms with Crippen LogP contribution in [0.3, 0.4) is 0 Å². The van der Waals surface area contributed by atoms with Crippen molar-refractivity contribution in [2.75, 3.05) is 38.3 Å². The molecule has 0 aromatic heterocycles. The van der Waals surface area contributed by atoms with Crippen LogP contribution >= 0.6 is 0 Å². The molecule has 0 radical (unpaired) electrons. The van der Waals surface area contributed by atoms with Crippen molar-refractivity contribution in [3.63, 3.8) is 0 Å². The van der Waals surface area contributed by atoms with Gasteiger partial charge in [0.2, 0.25) is 10.0 Å². The highest BCUT2D eigenvalue weighted by Crippen LogP contribution is 2.27. The van der Waals surface area contributed by atoms with Crippen molar-refractivity contribution in [1.82, 2.24) is 4.31 Å². The van der Waals surface area contributed by atoms with Crippen molar-refractivity contribution in [2.24, 2.45) is 0 Å². The van der Waals surface area contributed by atoms with Gasteiger partial charge >= 0.3 is 6.09 Å². The second-order valence-corrected chi connectivity index (χ2v) is 12.6. The number of ether oxygens (including phenoxy) is 2. The van der Waals surface area contributed by atoms with Gasteiger partial charge in [-0.2, -0.15) is 4.31 Å². The Morgan fingerprint density at radius 3 is 1.98 bits per heavy atom. The third-order valence-electron chi connectivity index (χ3n) is 6.68. The fraction of sp³-hybridized carbons (Fsp3) is 0.281. The van der Waals surface area contributed by atoms with Crippen LogP contribution in [0, 0.1) is 0 Å². The van der Waals surface area contributed by atoms with Gasteiger partial charge in [0.25, 0.3) is 0 Å². The summed E-state index contributed by atoms with van der Waals surface area (Å²) < 4.78 is 38.0. The van der Waals surface area contributed by atoms with E-state index in [2.05, 4.69) is 0 Å². The van der Waals surface area contributed by atoms with Crippen molar-refractivity contribution >= 4 is 46.1 Å². The van der Waals surface area contributed by atoms with E-state index in [4.69, 9.17) is 9.47 Å². The highest BCUT2D eigenvalue weighted by atomic mass is 32.2. The van der Waals surface area contributed by atoms with Gasteiger partial charge in [0.05, 0.1) is 25.2 Å². The SMILES string of the molecule is COc1cc(C=Cc2ccc(S(=O)(=O)N3CCOCC3)cc2)ccc1C=Cc1ccc(N(C(=O)O)C(C)(C)C)cc1. The molecule has 3 aromatic carbocycles. The number of nitrogens with zero attached hydrogens (tertiary/aromatic N) is 2. The minimum Gasteiger partial charge on any atom is -0.496 e. The topological polar surface area (TPSA) is 96.4 Å². The normalized spacial score (nSPS) is 14.9. The minimum atomic E-state index is -3.52. The maximum absolute atomic E-state index is 12.8. The van der Waals surface area contributed by atoms with Gasteiger partial charge in [0.1, 0.15) is 5.75 Å². The molecule has 4 rings (SSSR count). The van der Waals surface area contributed by atoms with Gasteiger partial charge in [-0.25, -0.2) is 13.2 Å². The van der Waals surface area contributed by atoms with Crippen LogP contribution in [0.5, 0.6) is 5.75 Å². The molecule has 0 spiro atoms. The zero-order chi connectivity index (χ0) is 29.6. The number of carboxylic acid groups (broad SMARTS) is 1. The van der Waals surface area contributed by atoms with E-state index in [1.54, 1.807) is 43.5 Å². The Morgan fingerprint density at radius 1 is 0.878 bits per heavy atom. The fourth-order valence-electron chi connectivity index (χ4n) is 4.55. The predicted octanol–water partition coefficient (Wildman–Crippen LogP) is 6.34. The molecule has 0 aliphatic carbocycles. The number of amides is 1. The van der Waals surface area contributed by atoms with E-state index in [-0.39, 0.29) is 4.90 Å². The molecular weight excluding hydrogens is 540 g/mol. The fourth-order valence-corrected chi connectivity index (χ4v) is 5.96. The molecule has 1 heterocycles. The Balaban J connectivity index is 1.44. The Morgan fingerprint density at radius 2 is 1.41 bits per heavy atom. The highest BCUT2D eigenvalue weighted by Gasteiger charge is 2.28. The maximum atomic E-state index is 12.8. The standard InChI is InChI=1S/C32H36N2O6S/c1-32(2,3)34(31(35)36)28-15-9-25(10-16-28)7-13-27-14-8-26(23-30(27)39-4)6-5-24-11-17-29(18-12-24)41(37,38)33-19-21-40-22-20-33/h5-18,23H,19-22H2,1-4H3,(H,35,36). The van der Waals surface area contributed by atoms with Crippen molar-refractivity contribution in [3.8, 4) is 5.75 Å². The van der Waals surface area contributed by atoms with Crippen LogP contribution in [-0.4, -0.2) is 62.9 Å². The lowest BCUT2D eigenvalue weighted by Gasteiger charge is -2.33. The summed E-state index contributed by atoms with van der Waals surface area (Å²) in [7, 11) is -1.90. The van der Waals surface area contributed by atoms with Gasteiger partial charge in [0, 0.05) is 29.9 Å². The van der Waals surface area contributed by atoms with Gasteiger partial charge in [-0.15, -0.1) is 0 Å². The first-order valence-corrected chi connectivity index (χ1v) is 14.8. The molecule has 0 saturated carbocycles. The number of morpholine rings is 1. The molecule has 1 fully saturated rings. The third-order valence-corrected chi connectivity index (χ3v) is 8.60. The van der Waals surface area contributed by atoms with E-state index in [9.17, 15) is 18.3 Å². The van der Waals surface area contributed by atoms with Gasteiger partial charge in [-0.1, -0.05) is 60.7 Å². The Hall–Kier alpha value is -3.92. The van der Waals surface area contributed by atoms with Gasteiger partial charge in [0.15, 0.2) is 0 Å². The van der Waals surface area contributed by atoms with Crippen molar-refractivity contribution in [1.29, 1.82) is 0 Å². The summed E-state index contributed by atoms with van der Waals surface area (Å²) in [6.07, 6.45) is 6.78. The summed E-state index contributed by atoms with van der Waals surface area (Å²) in [5.74, 6) is 0.705. The number of anilines is 1. The Bertz CT molecular complexity index is 1520. The minimum absolute atomic E-state index is 0.275. The first-order valence-electron chi connectivity index (χ1n) is 13.3. The summed E-state index contributed by atoms with van der Waals surface area (Å²) in [5, 5.41) is 9.62. The summed E-state index contributed by atoms with van der Waals surface area (Å²) in [5.41, 5.74) is 3.70. The van der Waals surface area contributed by atoms with Crippen molar-refractivity contribution < 1.29 is 27.8 Å². The number of carbonyl (C=O) groups is 1. The number of hydrogen-bond donors (Lipinski definition) is 1. The van der Waals surface area contributed by atoms with Gasteiger partial charge < -0.3 is 14.6 Å². The molecule has 1 aliphatic heterocycles. The van der Waals surface area contributed by atoms with Crippen LogP contribution in [0.4, 0.5) is 10.5 Å². The quantitative estimate of drug-likeness (QED) is 0.315.